The number of carbonyl (C=O) groups excluding carboxylic acids is 4. The number of esters is 4. The Hall–Kier alpha value is -1.94. The van der Waals surface area contributed by atoms with Gasteiger partial charge >= 0.3 is 39.5 Å². The van der Waals surface area contributed by atoms with Crippen LogP contribution in [0.25, 0.3) is 0 Å². The highest BCUT2D eigenvalue weighted by Crippen LogP contribution is 2.45. The molecule has 0 radical (unpaired) electrons. The summed E-state index contributed by atoms with van der Waals surface area (Å²) in [5.74, 6) is -1.35. The van der Waals surface area contributed by atoms with E-state index in [-0.39, 0.29) is 25.7 Å². The molecule has 0 saturated carbocycles. The molecule has 606 valence electrons. The van der Waals surface area contributed by atoms with Crippen molar-refractivity contribution in [1.29, 1.82) is 0 Å². The smallest absolute Gasteiger partial charge is 0.462 e. The van der Waals surface area contributed by atoms with Crippen LogP contribution in [0.15, 0.2) is 0 Å². The number of phosphoric ester groups is 2. The first-order valence-corrected chi connectivity index (χ1v) is 46.1. The first kappa shape index (κ1) is 100. The second-order valence-electron chi connectivity index (χ2n) is 30.3. The minimum absolute atomic E-state index is 0.107. The van der Waals surface area contributed by atoms with E-state index in [0.717, 1.165) is 95.8 Å². The monoisotopic (exact) mass is 1490 g/mol. The van der Waals surface area contributed by atoms with Gasteiger partial charge in [0.1, 0.15) is 19.3 Å². The van der Waals surface area contributed by atoms with Crippen molar-refractivity contribution in [2.45, 2.75) is 464 Å². The van der Waals surface area contributed by atoms with E-state index in [1.807, 2.05) is 0 Å². The number of ether oxygens (including phenoxy) is 4. The molecule has 0 aliphatic carbocycles. The van der Waals surface area contributed by atoms with Crippen LogP contribution >= 0.6 is 15.6 Å². The van der Waals surface area contributed by atoms with E-state index in [1.165, 1.54) is 270 Å². The quantitative estimate of drug-likeness (QED) is 0.0222. The topological polar surface area (TPSA) is 237 Å². The Morgan fingerprint density at radius 1 is 0.265 bits per heavy atom. The lowest BCUT2D eigenvalue weighted by Gasteiger charge is -2.21. The molecule has 0 rings (SSSR count). The summed E-state index contributed by atoms with van der Waals surface area (Å²) >= 11 is 0. The summed E-state index contributed by atoms with van der Waals surface area (Å²) in [6, 6.07) is 0. The molecule has 0 heterocycles. The van der Waals surface area contributed by atoms with Crippen molar-refractivity contribution in [2.75, 3.05) is 39.6 Å². The molecular formula is C83H162O17P2. The van der Waals surface area contributed by atoms with Crippen molar-refractivity contribution in [1.82, 2.24) is 0 Å². The lowest BCUT2D eigenvalue weighted by molar-refractivity contribution is -0.161. The molecule has 0 aliphatic heterocycles. The molecule has 19 heteroatoms. The largest absolute Gasteiger partial charge is 0.472 e. The van der Waals surface area contributed by atoms with Gasteiger partial charge in [-0.05, 0) is 31.6 Å². The van der Waals surface area contributed by atoms with Crippen molar-refractivity contribution < 1.29 is 80.2 Å². The third kappa shape index (κ3) is 76.3. The average Bonchev–Trinajstić information content (AvgIpc) is 0.919. The normalized spacial score (nSPS) is 13.8. The molecule has 0 bridgehead atoms. The molecule has 0 saturated heterocycles. The highest BCUT2D eigenvalue weighted by atomic mass is 31.2. The minimum atomic E-state index is -4.96. The second kappa shape index (κ2) is 75.9. The zero-order valence-corrected chi connectivity index (χ0v) is 68.5. The Balaban J connectivity index is 5.22. The fraction of sp³-hybridized carbons (Fsp3) is 0.952. The van der Waals surface area contributed by atoms with Crippen LogP contribution in [0.3, 0.4) is 0 Å². The molecule has 2 unspecified atom stereocenters. The third-order valence-corrected chi connectivity index (χ3v) is 21.4. The maximum Gasteiger partial charge on any atom is 0.472 e. The van der Waals surface area contributed by atoms with Gasteiger partial charge in [-0.3, -0.25) is 37.3 Å². The summed E-state index contributed by atoms with van der Waals surface area (Å²) in [5, 5.41) is 10.7. The Bertz CT molecular complexity index is 1940. The van der Waals surface area contributed by atoms with Gasteiger partial charge in [-0.2, -0.15) is 0 Å². The molecular weight excluding hydrogens is 1330 g/mol. The number of aliphatic hydroxyl groups is 1. The number of phosphoric acid groups is 2. The molecule has 0 spiro atoms. The lowest BCUT2D eigenvalue weighted by atomic mass is 10.0. The minimum Gasteiger partial charge on any atom is -0.462 e. The highest BCUT2D eigenvalue weighted by molar-refractivity contribution is 7.47. The lowest BCUT2D eigenvalue weighted by Crippen LogP contribution is -2.30. The van der Waals surface area contributed by atoms with E-state index in [2.05, 4.69) is 34.6 Å². The van der Waals surface area contributed by atoms with Gasteiger partial charge in [-0.1, -0.05) is 394 Å². The summed E-state index contributed by atoms with van der Waals surface area (Å²) in [7, 11) is -9.92. The van der Waals surface area contributed by atoms with Gasteiger partial charge in [0.2, 0.25) is 0 Å². The zero-order chi connectivity index (χ0) is 74.8. The molecule has 0 amide bonds. The van der Waals surface area contributed by atoms with Crippen molar-refractivity contribution in [2.24, 2.45) is 5.92 Å². The van der Waals surface area contributed by atoms with E-state index >= 15 is 0 Å². The van der Waals surface area contributed by atoms with Crippen molar-refractivity contribution in [3.8, 4) is 0 Å². The molecule has 17 nitrogen and oxygen atoms in total. The van der Waals surface area contributed by atoms with Crippen LogP contribution in [0.1, 0.15) is 446 Å². The summed E-state index contributed by atoms with van der Waals surface area (Å²) in [5.41, 5.74) is 0. The number of hydrogen-bond acceptors (Lipinski definition) is 15. The third-order valence-electron chi connectivity index (χ3n) is 19.5. The SMILES string of the molecule is CCCCCCCCCCCCCCCCCCCCCCCCC(=O)O[C@H](COC(=O)CCCCCCCCCCCCCCCC)COP(=O)(O)OC[C@@H](O)COP(=O)(O)OC[C@@H](COC(=O)CCCCCCCCCCCCCCC)OC(=O)CCCCCCCCCCCCC(C)C. The van der Waals surface area contributed by atoms with Gasteiger partial charge in [0.15, 0.2) is 12.2 Å². The van der Waals surface area contributed by atoms with Crippen LogP contribution in [0, 0.1) is 5.92 Å². The fourth-order valence-electron chi connectivity index (χ4n) is 12.9. The van der Waals surface area contributed by atoms with Crippen LogP contribution in [-0.2, 0) is 65.4 Å². The fourth-order valence-corrected chi connectivity index (χ4v) is 14.5. The van der Waals surface area contributed by atoms with Gasteiger partial charge in [0, 0.05) is 25.7 Å². The van der Waals surface area contributed by atoms with E-state index < -0.39 is 97.5 Å². The summed E-state index contributed by atoms with van der Waals surface area (Å²) in [4.78, 5) is 73.1. The maximum atomic E-state index is 13.1. The summed E-state index contributed by atoms with van der Waals surface area (Å²) in [6.45, 7) is 7.33. The number of hydrogen-bond donors (Lipinski definition) is 3. The standard InChI is InChI=1S/C83H162O17P2/c1-6-9-12-15-18-21-24-27-29-30-31-32-33-34-35-36-39-42-48-53-58-63-68-82(87)99-78(72-94-81(86)67-62-57-52-47-41-38-28-25-22-19-16-13-10-7-2)74-97-101(89,90)95-70-77(84)71-96-102(91,92)98-75-79(100-83(88)69-64-59-54-49-44-43-45-50-55-60-65-76(4)5)73-93-80(85)66-61-56-51-46-40-37-26-23-20-17-14-11-8-3/h76-79,84H,6-75H2,1-5H3,(H,89,90)(H,91,92)/t77-,78-,79-/m1/s1. The molecule has 3 N–H and O–H groups in total. The number of unbranched alkanes of at least 4 members (excludes halogenated alkanes) is 55. The maximum absolute atomic E-state index is 13.1. The van der Waals surface area contributed by atoms with Crippen molar-refractivity contribution >= 4 is 39.5 Å². The molecule has 0 aliphatic rings. The Kier molecular flexibility index (Phi) is 74.4. The van der Waals surface area contributed by atoms with Gasteiger partial charge in [-0.25, -0.2) is 9.13 Å². The summed E-state index contributed by atoms with van der Waals surface area (Å²) in [6.07, 6.45) is 68.0. The number of carbonyl (C=O) groups is 4. The molecule has 0 aromatic carbocycles. The van der Waals surface area contributed by atoms with Gasteiger partial charge in [0.25, 0.3) is 0 Å². The van der Waals surface area contributed by atoms with Crippen molar-refractivity contribution in [3.05, 3.63) is 0 Å². The first-order chi connectivity index (χ1) is 49.5. The van der Waals surface area contributed by atoms with E-state index in [1.54, 1.807) is 0 Å². The van der Waals surface area contributed by atoms with Crippen LogP contribution in [-0.4, -0.2) is 96.7 Å². The first-order valence-electron chi connectivity index (χ1n) is 43.1. The Morgan fingerprint density at radius 3 is 0.667 bits per heavy atom. The van der Waals surface area contributed by atoms with Crippen LogP contribution in [0.5, 0.6) is 0 Å². The van der Waals surface area contributed by atoms with E-state index in [4.69, 9.17) is 37.0 Å². The number of rotatable bonds is 83. The van der Waals surface area contributed by atoms with E-state index in [9.17, 15) is 43.2 Å². The Labute approximate surface area is 626 Å². The highest BCUT2D eigenvalue weighted by Gasteiger charge is 2.30. The van der Waals surface area contributed by atoms with Crippen molar-refractivity contribution in [3.63, 3.8) is 0 Å². The molecule has 0 aromatic rings. The van der Waals surface area contributed by atoms with Crippen LogP contribution < -0.4 is 0 Å². The van der Waals surface area contributed by atoms with Crippen LogP contribution in [0.4, 0.5) is 0 Å². The van der Waals surface area contributed by atoms with Gasteiger partial charge in [0.05, 0.1) is 26.4 Å². The predicted molar refractivity (Wildman–Crippen MR) is 418 cm³/mol. The molecule has 102 heavy (non-hydrogen) atoms. The average molecular weight is 1490 g/mol. The molecule has 5 atom stereocenters. The molecule has 0 fully saturated rings. The van der Waals surface area contributed by atoms with E-state index in [0.29, 0.717) is 25.7 Å². The van der Waals surface area contributed by atoms with Crippen LogP contribution in [0.2, 0.25) is 0 Å². The Morgan fingerprint density at radius 2 is 0.451 bits per heavy atom. The molecule has 0 aromatic heterocycles. The van der Waals surface area contributed by atoms with Gasteiger partial charge in [-0.15, -0.1) is 0 Å². The second-order valence-corrected chi connectivity index (χ2v) is 33.3. The summed E-state index contributed by atoms with van der Waals surface area (Å²) < 4.78 is 68.8. The number of aliphatic hydroxyl groups excluding tert-OH is 1. The predicted octanol–water partition coefficient (Wildman–Crippen LogP) is 25.2. The zero-order valence-electron chi connectivity index (χ0n) is 66.8. The van der Waals surface area contributed by atoms with Gasteiger partial charge < -0.3 is 33.8 Å².